The van der Waals surface area contributed by atoms with Crippen molar-refractivity contribution in [2.45, 2.75) is 38.3 Å². The van der Waals surface area contributed by atoms with Crippen molar-refractivity contribution in [1.29, 1.82) is 0 Å². The Balaban J connectivity index is 1.81. The molecule has 0 spiro atoms. The highest BCUT2D eigenvalue weighted by molar-refractivity contribution is 9.10. The topological polar surface area (TPSA) is 69.5 Å². The Morgan fingerprint density at radius 3 is 2.62 bits per heavy atom. The second-order valence-electron chi connectivity index (χ2n) is 8.86. The number of benzene rings is 1. The van der Waals surface area contributed by atoms with E-state index in [0.29, 0.717) is 27.5 Å². The fraction of sp³-hybridized carbons (Fsp3) is 0.571. The summed E-state index contributed by atoms with van der Waals surface area (Å²) in [6.07, 6.45) is 2.03. The molecule has 2 aliphatic rings. The first-order valence-corrected chi connectivity index (χ1v) is 11.0. The first-order chi connectivity index (χ1) is 13.7. The van der Waals surface area contributed by atoms with Crippen LogP contribution in [0, 0.1) is 12.7 Å². The Hall–Kier alpha value is -1.64. The third-order valence-corrected chi connectivity index (χ3v) is 7.46. The fourth-order valence-electron chi connectivity index (χ4n) is 4.24. The Kier molecular flexibility index (Phi) is 5.38. The van der Waals surface area contributed by atoms with E-state index in [2.05, 4.69) is 57.4 Å². The molecule has 158 valence electrons. The Labute approximate surface area is 180 Å². The second-order valence-corrected chi connectivity index (χ2v) is 9.65. The van der Waals surface area contributed by atoms with Crippen LogP contribution in [0.2, 0.25) is 0 Å². The number of nitrogens with two attached hydrogens (primary N) is 1. The number of aromatic nitrogens is 1. The minimum atomic E-state index is -0.328. The van der Waals surface area contributed by atoms with Crippen LogP contribution in [0.4, 0.5) is 21.6 Å². The van der Waals surface area contributed by atoms with Crippen LogP contribution >= 0.6 is 15.9 Å². The number of nitrogens with zero attached hydrogens (tertiary/aromatic N) is 3. The number of nitrogens with one attached hydrogen (secondary N) is 2. The number of halogens is 2. The van der Waals surface area contributed by atoms with Crippen LogP contribution in [0.3, 0.4) is 0 Å². The van der Waals surface area contributed by atoms with E-state index in [1.807, 2.05) is 13.0 Å². The summed E-state index contributed by atoms with van der Waals surface area (Å²) in [5, 5.41) is 7.76. The van der Waals surface area contributed by atoms with E-state index < -0.39 is 0 Å². The number of likely N-dealkylation sites (N-methyl/N-ethyl adjacent to an activating group) is 1. The van der Waals surface area contributed by atoms with Gasteiger partial charge in [-0.2, -0.15) is 0 Å². The summed E-state index contributed by atoms with van der Waals surface area (Å²) in [6, 6.07) is 2.28. The molecule has 2 fully saturated rings. The molecule has 6 nitrogen and oxygen atoms in total. The van der Waals surface area contributed by atoms with Gasteiger partial charge in [0.1, 0.15) is 5.52 Å². The maximum atomic E-state index is 15.2. The lowest BCUT2D eigenvalue weighted by Crippen LogP contribution is -2.67. The molecular formula is C21H30BrFN6. The molecule has 0 atom stereocenters. The minimum Gasteiger partial charge on any atom is -0.394 e. The molecule has 2 aliphatic heterocycles. The predicted octanol–water partition coefficient (Wildman–Crippen LogP) is 3.33. The minimum absolute atomic E-state index is 0.0676. The lowest BCUT2D eigenvalue weighted by molar-refractivity contribution is 0.133. The van der Waals surface area contributed by atoms with Gasteiger partial charge in [-0.25, -0.2) is 9.37 Å². The van der Waals surface area contributed by atoms with Gasteiger partial charge in [-0.15, -0.1) is 0 Å². The molecule has 29 heavy (non-hydrogen) atoms. The molecule has 0 bridgehead atoms. The summed E-state index contributed by atoms with van der Waals surface area (Å²) in [6.45, 7) is 7.67. The van der Waals surface area contributed by atoms with Crippen LogP contribution in [-0.4, -0.2) is 61.7 Å². The number of nitrogen functional groups attached to an aromatic ring is 1. The van der Waals surface area contributed by atoms with Crippen LogP contribution in [0.15, 0.2) is 10.5 Å². The van der Waals surface area contributed by atoms with Crippen molar-refractivity contribution in [3.63, 3.8) is 0 Å². The Morgan fingerprint density at radius 2 is 2.00 bits per heavy atom. The van der Waals surface area contributed by atoms with Gasteiger partial charge in [0.05, 0.1) is 21.4 Å². The van der Waals surface area contributed by atoms with Crippen molar-refractivity contribution < 1.29 is 4.39 Å². The van der Waals surface area contributed by atoms with Crippen molar-refractivity contribution in [3.05, 3.63) is 21.9 Å². The number of aryl methyl sites for hydroxylation is 1. The molecule has 0 radical (unpaired) electrons. The molecule has 4 N–H and O–H groups in total. The molecule has 0 aliphatic carbocycles. The van der Waals surface area contributed by atoms with E-state index in [0.717, 1.165) is 55.7 Å². The number of anilines is 3. The van der Waals surface area contributed by atoms with Crippen molar-refractivity contribution in [2.24, 2.45) is 0 Å². The first kappa shape index (κ1) is 20.6. The standard InChI is InChI=1S/C21H30BrFN6/c1-12-9-14-18(16(23)15(12)22)27-20(29-10-21(2,11-29)28(3)4)17(24)19(14)26-13-5-7-25-8-6-13/h9,13,25H,5-8,10-11,24H2,1-4H3,(H,26,27). The summed E-state index contributed by atoms with van der Waals surface area (Å²) < 4.78 is 15.6. The molecule has 3 heterocycles. The number of hydrogen-bond acceptors (Lipinski definition) is 6. The average Bonchev–Trinajstić information content (AvgIpc) is 2.67. The van der Waals surface area contributed by atoms with Gasteiger partial charge in [-0.3, -0.25) is 0 Å². The molecule has 0 unspecified atom stereocenters. The lowest BCUT2D eigenvalue weighted by atomic mass is 9.90. The number of fused-ring (bicyclic) bond motifs is 1. The largest absolute Gasteiger partial charge is 0.394 e. The van der Waals surface area contributed by atoms with Crippen LogP contribution in [0.25, 0.3) is 10.9 Å². The molecule has 4 rings (SSSR count). The van der Waals surface area contributed by atoms with Gasteiger partial charge in [0, 0.05) is 24.5 Å². The molecule has 2 saturated heterocycles. The van der Waals surface area contributed by atoms with Gasteiger partial charge in [0.15, 0.2) is 11.6 Å². The van der Waals surface area contributed by atoms with Gasteiger partial charge in [-0.05, 0) is 81.4 Å². The average molecular weight is 465 g/mol. The van der Waals surface area contributed by atoms with Gasteiger partial charge >= 0.3 is 0 Å². The van der Waals surface area contributed by atoms with Crippen molar-refractivity contribution in [3.8, 4) is 0 Å². The molecule has 0 saturated carbocycles. The van der Waals surface area contributed by atoms with Crippen LogP contribution in [-0.2, 0) is 0 Å². The highest BCUT2D eigenvalue weighted by Crippen LogP contribution is 2.42. The summed E-state index contributed by atoms with van der Waals surface area (Å²) in [5.74, 6) is 0.341. The lowest BCUT2D eigenvalue weighted by Gasteiger charge is -2.52. The van der Waals surface area contributed by atoms with Crippen molar-refractivity contribution in [2.75, 3.05) is 56.2 Å². The van der Waals surface area contributed by atoms with Crippen molar-refractivity contribution in [1.82, 2.24) is 15.2 Å². The zero-order valence-corrected chi connectivity index (χ0v) is 19.2. The van der Waals surface area contributed by atoms with Gasteiger partial charge < -0.3 is 26.2 Å². The fourth-order valence-corrected chi connectivity index (χ4v) is 4.54. The Bertz CT molecular complexity index is 935. The van der Waals surface area contributed by atoms with Gasteiger partial charge in [0.25, 0.3) is 0 Å². The first-order valence-electron chi connectivity index (χ1n) is 10.2. The SMILES string of the molecule is Cc1cc2c(NC3CCNCC3)c(N)c(N3CC(C)(N(C)C)C3)nc2c(F)c1Br. The summed E-state index contributed by atoms with van der Waals surface area (Å²) in [4.78, 5) is 9.07. The number of pyridine rings is 1. The predicted molar refractivity (Wildman–Crippen MR) is 122 cm³/mol. The van der Waals surface area contributed by atoms with E-state index in [1.165, 1.54) is 0 Å². The maximum Gasteiger partial charge on any atom is 0.164 e. The van der Waals surface area contributed by atoms with Crippen LogP contribution < -0.4 is 21.3 Å². The summed E-state index contributed by atoms with van der Waals surface area (Å²) in [7, 11) is 4.16. The number of rotatable bonds is 4. The van der Waals surface area contributed by atoms with Crippen molar-refractivity contribution >= 4 is 44.0 Å². The molecule has 1 aromatic heterocycles. The zero-order chi connectivity index (χ0) is 20.9. The highest BCUT2D eigenvalue weighted by Gasteiger charge is 2.42. The van der Waals surface area contributed by atoms with E-state index in [1.54, 1.807) is 0 Å². The maximum absolute atomic E-state index is 15.2. The quantitative estimate of drug-likeness (QED) is 0.644. The Morgan fingerprint density at radius 1 is 1.34 bits per heavy atom. The third kappa shape index (κ3) is 3.55. The zero-order valence-electron chi connectivity index (χ0n) is 17.6. The van der Waals surface area contributed by atoms with Crippen LogP contribution in [0.5, 0.6) is 0 Å². The molecule has 8 heteroatoms. The van der Waals surface area contributed by atoms with Gasteiger partial charge in [0.2, 0.25) is 0 Å². The summed E-state index contributed by atoms with van der Waals surface area (Å²) >= 11 is 3.38. The van der Waals surface area contributed by atoms with E-state index in [4.69, 9.17) is 10.7 Å². The monoisotopic (exact) mass is 464 g/mol. The van der Waals surface area contributed by atoms with Gasteiger partial charge in [-0.1, -0.05) is 0 Å². The smallest absolute Gasteiger partial charge is 0.164 e. The normalized spacial score (nSPS) is 19.6. The third-order valence-electron chi connectivity index (χ3n) is 6.49. The molecular weight excluding hydrogens is 435 g/mol. The number of hydrogen-bond donors (Lipinski definition) is 3. The summed E-state index contributed by atoms with van der Waals surface area (Å²) in [5.41, 5.74) is 9.33. The van der Waals surface area contributed by atoms with E-state index >= 15 is 4.39 Å². The van der Waals surface area contributed by atoms with E-state index in [9.17, 15) is 0 Å². The molecule has 0 amide bonds. The molecule has 2 aromatic rings. The highest BCUT2D eigenvalue weighted by atomic mass is 79.9. The second kappa shape index (κ2) is 7.56. The molecule has 1 aromatic carbocycles. The van der Waals surface area contributed by atoms with Crippen LogP contribution in [0.1, 0.15) is 25.3 Å². The van der Waals surface area contributed by atoms with E-state index in [-0.39, 0.29) is 11.4 Å². The number of piperidine rings is 1.